The number of nitrogens with two attached hydrogens (primary N) is 1. The number of hydrogen-bond donors (Lipinski definition) is 2. The Kier molecular flexibility index (Phi) is 4.16. The van der Waals surface area contributed by atoms with Crippen LogP contribution in [0.5, 0.6) is 0 Å². The summed E-state index contributed by atoms with van der Waals surface area (Å²) in [5.41, 5.74) is 6.40. The molecule has 0 saturated heterocycles. The number of hydrogen-bond acceptors (Lipinski definition) is 3. The van der Waals surface area contributed by atoms with E-state index in [1.54, 1.807) is 18.3 Å². The molecule has 0 saturated carbocycles. The molecule has 0 atom stereocenters. The van der Waals surface area contributed by atoms with E-state index in [9.17, 15) is 9.18 Å². The first kappa shape index (κ1) is 13.5. The number of anilines is 1. The summed E-state index contributed by atoms with van der Waals surface area (Å²) in [7, 11) is 0. The average Bonchev–Trinajstić information content (AvgIpc) is 2.76. The van der Waals surface area contributed by atoms with E-state index in [1.165, 1.54) is 16.9 Å². The van der Waals surface area contributed by atoms with Gasteiger partial charge < -0.3 is 11.1 Å². The van der Waals surface area contributed by atoms with E-state index in [0.717, 1.165) is 4.47 Å². The van der Waals surface area contributed by atoms with Crippen molar-refractivity contribution in [2.24, 2.45) is 0 Å². The Morgan fingerprint density at radius 1 is 1.53 bits per heavy atom. The highest BCUT2D eigenvalue weighted by molar-refractivity contribution is 9.10. The van der Waals surface area contributed by atoms with Crippen molar-refractivity contribution < 1.29 is 9.18 Å². The maximum absolute atomic E-state index is 13.4. The molecule has 7 heteroatoms. The van der Waals surface area contributed by atoms with Gasteiger partial charge >= 0.3 is 0 Å². The molecule has 19 heavy (non-hydrogen) atoms. The standard InChI is InChI=1S/C12H12BrFN4O/c13-9-1-2-11(14)8(3-9)4-16-12(19)7-18-6-10(15)5-17-18/h1-3,5-6H,4,7,15H2,(H,16,19). The Morgan fingerprint density at radius 2 is 2.32 bits per heavy atom. The van der Waals surface area contributed by atoms with E-state index in [4.69, 9.17) is 5.73 Å². The monoisotopic (exact) mass is 326 g/mol. The third kappa shape index (κ3) is 3.78. The molecule has 1 aromatic heterocycles. The summed E-state index contributed by atoms with van der Waals surface area (Å²) in [5.74, 6) is -0.616. The number of carbonyl (C=O) groups is 1. The summed E-state index contributed by atoms with van der Waals surface area (Å²) in [4.78, 5) is 11.6. The van der Waals surface area contributed by atoms with Gasteiger partial charge in [0.05, 0.1) is 11.9 Å². The maximum Gasteiger partial charge on any atom is 0.242 e. The summed E-state index contributed by atoms with van der Waals surface area (Å²) in [6.07, 6.45) is 3.01. The maximum atomic E-state index is 13.4. The summed E-state index contributed by atoms with van der Waals surface area (Å²) in [6.45, 7) is 0.174. The molecule has 0 unspecified atom stereocenters. The van der Waals surface area contributed by atoms with Crippen LogP contribution in [0.3, 0.4) is 0 Å². The normalized spacial score (nSPS) is 10.4. The van der Waals surface area contributed by atoms with Gasteiger partial charge in [-0.2, -0.15) is 5.10 Å². The Labute approximate surface area is 117 Å². The Morgan fingerprint density at radius 3 is 3.00 bits per heavy atom. The zero-order valence-corrected chi connectivity index (χ0v) is 11.5. The zero-order valence-electron chi connectivity index (χ0n) is 9.94. The van der Waals surface area contributed by atoms with Gasteiger partial charge in [0.15, 0.2) is 0 Å². The molecule has 0 aliphatic rings. The summed E-state index contributed by atoms with van der Waals surface area (Å²) in [6, 6.07) is 4.58. The molecule has 0 radical (unpaired) electrons. The quantitative estimate of drug-likeness (QED) is 0.897. The topological polar surface area (TPSA) is 72.9 Å². The van der Waals surface area contributed by atoms with Crippen LogP contribution in [0.4, 0.5) is 10.1 Å². The van der Waals surface area contributed by atoms with Crippen LogP contribution in [0, 0.1) is 5.82 Å². The highest BCUT2D eigenvalue weighted by Crippen LogP contribution is 2.15. The number of rotatable bonds is 4. The van der Waals surface area contributed by atoms with Gasteiger partial charge in [0.25, 0.3) is 0 Å². The van der Waals surface area contributed by atoms with Crippen molar-refractivity contribution in [1.82, 2.24) is 15.1 Å². The molecule has 0 bridgehead atoms. The van der Waals surface area contributed by atoms with Crippen molar-refractivity contribution in [3.8, 4) is 0 Å². The van der Waals surface area contributed by atoms with Crippen LogP contribution < -0.4 is 11.1 Å². The van der Waals surface area contributed by atoms with E-state index in [0.29, 0.717) is 11.3 Å². The number of nitrogens with one attached hydrogen (secondary N) is 1. The lowest BCUT2D eigenvalue weighted by Crippen LogP contribution is -2.27. The van der Waals surface area contributed by atoms with E-state index in [1.807, 2.05) is 0 Å². The van der Waals surface area contributed by atoms with Gasteiger partial charge in [-0.1, -0.05) is 15.9 Å². The fourth-order valence-electron chi connectivity index (χ4n) is 1.54. The molecule has 2 aromatic rings. The van der Waals surface area contributed by atoms with Crippen LogP contribution in [0.2, 0.25) is 0 Å². The SMILES string of the molecule is Nc1cnn(CC(=O)NCc2cc(Br)ccc2F)c1. The van der Waals surface area contributed by atoms with Crippen molar-refractivity contribution in [2.45, 2.75) is 13.1 Å². The molecule has 0 aliphatic carbocycles. The molecule has 2 rings (SSSR count). The third-order valence-corrected chi connectivity index (χ3v) is 2.94. The predicted molar refractivity (Wildman–Crippen MR) is 72.6 cm³/mol. The second-order valence-corrected chi connectivity index (χ2v) is 4.90. The Balaban J connectivity index is 1.91. The minimum Gasteiger partial charge on any atom is -0.396 e. The van der Waals surface area contributed by atoms with Gasteiger partial charge in [-0.25, -0.2) is 4.39 Å². The summed E-state index contributed by atoms with van der Waals surface area (Å²) >= 11 is 3.25. The van der Waals surface area contributed by atoms with E-state index in [2.05, 4.69) is 26.3 Å². The first-order chi connectivity index (χ1) is 9.04. The van der Waals surface area contributed by atoms with E-state index in [-0.39, 0.29) is 24.8 Å². The van der Waals surface area contributed by atoms with E-state index >= 15 is 0 Å². The molecular weight excluding hydrogens is 315 g/mol. The molecule has 3 N–H and O–H groups in total. The largest absolute Gasteiger partial charge is 0.396 e. The molecule has 5 nitrogen and oxygen atoms in total. The van der Waals surface area contributed by atoms with Gasteiger partial charge in [0.1, 0.15) is 12.4 Å². The minimum atomic E-state index is -0.355. The summed E-state index contributed by atoms with van der Waals surface area (Å²) in [5, 5.41) is 6.51. The van der Waals surface area contributed by atoms with Gasteiger partial charge in [-0.15, -0.1) is 0 Å². The van der Waals surface area contributed by atoms with E-state index < -0.39 is 0 Å². The molecule has 100 valence electrons. The third-order valence-electron chi connectivity index (χ3n) is 2.44. The second-order valence-electron chi connectivity index (χ2n) is 3.98. The molecule has 0 aliphatic heterocycles. The van der Waals surface area contributed by atoms with Gasteiger partial charge in [0.2, 0.25) is 5.91 Å². The van der Waals surface area contributed by atoms with Crippen LogP contribution in [-0.2, 0) is 17.9 Å². The van der Waals surface area contributed by atoms with Crippen LogP contribution >= 0.6 is 15.9 Å². The number of carbonyl (C=O) groups excluding carboxylic acids is 1. The number of nitrogens with zero attached hydrogens (tertiary/aromatic N) is 2. The van der Waals surface area contributed by atoms with Crippen LogP contribution in [0.1, 0.15) is 5.56 Å². The lowest BCUT2D eigenvalue weighted by molar-refractivity contribution is -0.122. The fourth-order valence-corrected chi connectivity index (χ4v) is 1.95. The molecule has 1 amide bonds. The minimum absolute atomic E-state index is 0.0484. The van der Waals surface area contributed by atoms with Crippen LogP contribution in [-0.4, -0.2) is 15.7 Å². The van der Waals surface area contributed by atoms with Crippen molar-refractivity contribution in [1.29, 1.82) is 0 Å². The number of amides is 1. The highest BCUT2D eigenvalue weighted by Gasteiger charge is 2.07. The molecule has 1 aromatic carbocycles. The lowest BCUT2D eigenvalue weighted by Gasteiger charge is -2.07. The number of benzene rings is 1. The Hall–Kier alpha value is -1.89. The first-order valence-electron chi connectivity index (χ1n) is 5.53. The van der Waals surface area contributed by atoms with Crippen molar-refractivity contribution in [3.63, 3.8) is 0 Å². The number of nitrogen functional groups attached to an aromatic ring is 1. The second kappa shape index (κ2) is 5.83. The van der Waals surface area contributed by atoms with Crippen molar-refractivity contribution in [2.75, 3.05) is 5.73 Å². The van der Waals surface area contributed by atoms with Crippen LogP contribution in [0.15, 0.2) is 35.1 Å². The Bertz CT molecular complexity index is 599. The average molecular weight is 327 g/mol. The van der Waals surface area contributed by atoms with Gasteiger partial charge in [-0.05, 0) is 18.2 Å². The number of halogens is 2. The summed E-state index contributed by atoms with van der Waals surface area (Å²) < 4.78 is 15.6. The van der Waals surface area contributed by atoms with Crippen molar-refractivity contribution in [3.05, 3.63) is 46.4 Å². The lowest BCUT2D eigenvalue weighted by atomic mass is 10.2. The highest BCUT2D eigenvalue weighted by atomic mass is 79.9. The molecule has 0 fully saturated rings. The molecular formula is C12H12BrFN4O. The molecule has 0 spiro atoms. The van der Waals surface area contributed by atoms with Gasteiger partial charge in [0, 0.05) is 22.8 Å². The molecule has 1 heterocycles. The first-order valence-corrected chi connectivity index (χ1v) is 6.32. The van der Waals surface area contributed by atoms with Gasteiger partial charge in [-0.3, -0.25) is 9.48 Å². The predicted octanol–water partition coefficient (Wildman–Crippen LogP) is 1.68. The van der Waals surface area contributed by atoms with Crippen molar-refractivity contribution >= 4 is 27.5 Å². The number of aromatic nitrogens is 2. The van der Waals surface area contributed by atoms with Crippen LogP contribution in [0.25, 0.3) is 0 Å². The zero-order chi connectivity index (χ0) is 13.8. The smallest absolute Gasteiger partial charge is 0.242 e. The fraction of sp³-hybridized carbons (Fsp3) is 0.167.